The van der Waals surface area contributed by atoms with E-state index in [1.165, 1.54) is 0 Å². The summed E-state index contributed by atoms with van der Waals surface area (Å²) in [5.74, 6) is 0. The number of likely N-dealkylation sites (N-methyl/N-ethyl adjacent to an activating group) is 1. The van der Waals surface area contributed by atoms with Gasteiger partial charge >= 0.3 is 8.80 Å². The molecular weight excluding hydrogens is 274 g/mol. The predicted octanol–water partition coefficient (Wildman–Crippen LogP) is 1.92. The second-order valence-corrected chi connectivity index (χ2v) is 7.66. The van der Waals surface area contributed by atoms with Gasteiger partial charge in [0.2, 0.25) is 0 Å². The molecule has 1 fully saturated rings. The van der Waals surface area contributed by atoms with Crippen molar-refractivity contribution in [3.8, 4) is 0 Å². The fraction of sp³-hybridized carbons (Fsp3) is 0.857. The van der Waals surface area contributed by atoms with E-state index in [2.05, 4.69) is 11.5 Å². The maximum absolute atomic E-state index is 6.27. The van der Waals surface area contributed by atoms with Gasteiger partial charge in [0.15, 0.2) is 0 Å². The normalized spacial score (nSPS) is 23.3. The Kier molecular flexibility index (Phi) is 8.59. The molecule has 0 aliphatic carbocycles. The van der Waals surface area contributed by atoms with Gasteiger partial charge in [-0.05, 0) is 27.3 Å². The highest BCUT2D eigenvalue weighted by Crippen LogP contribution is 2.22. The maximum atomic E-state index is 6.27. The third-order valence-corrected chi connectivity index (χ3v) is 6.22. The zero-order chi connectivity index (χ0) is 14.8. The van der Waals surface area contributed by atoms with Crippen molar-refractivity contribution in [2.75, 3.05) is 46.6 Å². The van der Waals surface area contributed by atoms with Crippen LogP contribution < -0.4 is 0 Å². The van der Waals surface area contributed by atoms with Crippen LogP contribution in [0.4, 0.5) is 0 Å². The van der Waals surface area contributed by atoms with Crippen LogP contribution in [0.2, 0.25) is 6.04 Å². The van der Waals surface area contributed by atoms with E-state index < -0.39 is 8.80 Å². The maximum Gasteiger partial charge on any atom is 0.501 e. The van der Waals surface area contributed by atoms with Crippen LogP contribution in [-0.2, 0) is 18.0 Å². The molecule has 0 aromatic heterocycles. The SMILES string of the molecule is C=CCN(C)CC1COCCC[Si](OCC)(OCC)O1. The average molecular weight is 303 g/mol. The molecule has 1 heterocycles. The number of nitrogens with zero attached hydrogens (tertiary/aromatic N) is 1. The van der Waals surface area contributed by atoms with Crippen LogP contribution in [0.3, 0.4) is 0 Å². The first-order valence-corrected chi connectivity index (χ1v) is 9.42. The van der Waals surface area contributed by atoms with E-state index in [0.717, 1.165) is 32.2 Å². The molecule has 1 atom stereocenters. The second-order valence-electron chi connectivity index (χ2n) is 4.98. The van der Waals surface area contributed by atoms with Crippen molar-refractivity contribution in [1.82, 2.24) is 4.90 Å². The molecule has 0 spiro atoms. The third kappa shape index (κ3) is 6.03. The van der Waals surface area contributed by atoms with Gasteiger partial charge in [0.05, 0.1) is 12.7 Å². The van der Waals surface area contributed by atoms with E-state index in [-0.39, 0.29) is 6.10 Å². The monoisotopic (exact) mass is 303 g/mol. The highest BCUT2D eigenvalue weighted by atomic mass is 28.4. The van der Waals surface area contributed by atoms with Crippen molar-refractivity contribution in [2.24, 2.45) is 0 Å². The minimum atomic E-state index is -2.55. The molecule has 118 valence electrons. The van der Waals surface area contributed by atoms with Gasteiger partial charge in [0, 0.05) is 39.0 Å². The fourth-order valence-electron chi connectivity index (χ4n) is 2.38. The summed E-state index contributed by atoms with van der Waals surface area (Å²) in [6, 6.07) is 0.830. The van der Waals surface area contributed by atoms with Crippen LogP contribution in [-0.4, -0.2) is 66.4 Å². The molecule has 5 nitrogen and oxygen atoms in total. The van der Waals surface area contributed by atoms with Crippen LogP contribution >= 0.6 is 0 Å². The zero-order valence-electron chi connectivity index (χ0n) is 13.1. The van der Waals surface area contributed by atoms with Crippen molar-refractivity contribution in [3.05, 3.63) is 12.7 Å². The average Bonchev–Trinajstić information content (AvgIpc) is 2.36. The van der Waals surface area contributed by atoms with E-state index in [1.54, 1.807) is 0 Å². The zero-order valence-corrected chi connectivity index (χ0v) is 14.1. The van der Waals surface area contributed by atoms with Crippen molar-refractivity contribution < 1.29 is 18.0 Å². The molecule has 1 aliphatic heterocycles. The third-order valence-electron chi connectivity index (χ3n) is 3.11. The summed E-state index contributed by atoms with van der Waals surface area (Å²) in [6.45, 7) is 12.0. The first kappa shape index (κ1) is 17.8. The van der Waals surface area contributed by atoms with Gasteiger partial charge in [-0.15, -0.1) is 6.58 Å². The van der Waals surface area contributed by atoms with Crippen molar-refractivity contribution in [3.63, 3.8) is 0 Å². The summed E-state index contributed by atoms with van der Waals surface area (Å²) in [5, 5.41) is 0. The lowest BCUT2D eigenvalue weighted by atomic mass is 10.3. The van der Waals surface area contributed by atoms with Crippen LogP contribution in [0, 0.1) is 0 Å². The summed E-state index contributed by atoms with van der Waals surface area (Å²) < 4.78 is 23.8. The number of hydrogen-bond acceptors (Lipinski definition) is 5. The Morgan fingerprint density at radius 3 is 2.65 bits per heavy atom. The molecule has 0 aromatic rings. The highest BCUT2D eigenvalue weighted by Gasteiger charge is 2.43. The molecule has 1 saturated heterocycles. The van der Waals surface area contributed by atoms with E-state index in [1.807, 2.05) is 27.0 Å². The molecule has 1 aliphatic rings. The Morgan fingerprint density at radius 1 is 1.35 bits per heavy atom. The molecule has 20 heavy (non-hydrogen) atoms. The Morgan fingerprint density at radius 2 is 2.05 bits per heavy atom. The number of ether oxygens (including phenoxy) is 1. The van der Waals surface area contributed by atoms with Gasteiger partial charge in [0.1, 0.15) is 0 Å². The summed E-state index contributed by atoms with van der Waals surface area (Å²) in [6.07, 6.45) is 2.81. The Bertz CT molecular complexity index is 272. The van der Waals surface area contributed by atoms with Gasteiger partial charge < -0.3 is 22.9 Å². The molecule has 0 N–H and O–H groups in total. The fourth-order valence-corrected chi connectivity index (χ4v) is 5.11. The molecular formula is C14H29NO4Si. The van der Waals surface area contributed by atoms with Crippen LogP contribution in [0.1, 0.15) is 20.3 Å². The lowest BCUT2D eigenvalue weighted by Crippen LogP contribution is -2.52. The van der Waals surface area contributed by atoms with Crippen molar-refractivity contribution >= 4 is 8.80 Å². The van der Waals surface area contributed by atoms with Crippen LogP contribution in [0.5, 0.6) is 0 Å². The predicted molar refractivity (Wildman–Crippen MR) is 81.8 cm³/mol. The lowest BCUT2D eigenvalue weighted by molar-refractivity contribution is -0.0332. The molecule has 0 aromatic carbocycles. The molecule has 1 unspecified atom stereocenters. The molecule has 6 heteroatoms. The van der Waals surface area contributed by atoms with Crippen LogP contribution in [0.25, 0.3) is 0 Å². The molecule has 0 radical (unpaired) electrons. The Hall–Kier alpha value is -0.243. The molecule has 0 bridgehead atoms. The first-order valence-electron chi connectivity index (χ1n) is 7.48. The van der Waals surface area contributed by atoms with Crippen molar-refractivity contribution in [2.45, 2.75) is 32.4 Å². The summed E-state index contributed by atoms with van der Waals surface area (Å²) in [7, 11) is -0.501. The Labute approximate surface area is 124 Å². The van der Waals surface area contributed by atoms with Gasteiger partial charge in [-0.1, -0.05) is 6.08 Å². The van der Waals surface area contributed by atoms with E-state index in [4.69, 9.17) is 18.0 Å². The largest absolute Gasteiger partial charge is 0.501 e. The Balaban J connectivity index is 2.69. The summed E-state index contributed by atoms with van der Waals surface area (Å²) in [4.78, 5) is 2.17. The van der Waals surface area contributed by atoms with E-state index in [0.29, 0.717) is 19.8 Å². The lowest BCUT2D eigenvalue weighted by Gasteiger charge is -2.35. The topological polar surface area (TPSA) is 40.2 Å². The van der Waals surface area contributed by atoms with Crippen LogP contribution in [0.15, 0.2) is 12.7 Å². The summed E-state index contributed by atoms with van der Waals surface area (Å²) in [5.41, 5.74) is 0. The first-order chi connectivity index (χ1) is 9.65. The number of hydrogen-bond donors (Lipinski definition) is 0. The standard InChI is InChI=1S/C14H29NO4Si/c1-5-9-15(4)12-14-13-16-10-8-11-20(19-14,17-6-2)18-7-3/h5,14H,1,6-13H2,2-4H3. The highest BCUT2D eigenvalue weighted by molar-refractivity contribution is 6.60. The quantitative estimate of drug-likeness (QED) is 0.506. The van der Waals surface area contributed by atoms with Gasteiger partial charge in [0.25, 0.3) is 0 Å². The second kappa shape index (κ2) is 9.65. The van der Waals surface area contributed by atoms with E-state index >= 15 is 0 Å². The smallest absolute Gasteiger partial charge is 0.379 e. The molecule has 1 rings (SSSR count). The van der Waals surface area contributed by atoms with Crippen molar-refractivity contribution in [1.29, 1.82) is 0 Å². The van der Waals surface area contributed by atoms with E-state index in [9.17, 15) is 0 Å². The minimum absolute atomic E-state index is 0.00924. The minimum Gasteiger partial charge on any atom is -0.379 e. The van der Waals surface area contributed by atoms with Gasteiger partial charge in [-0.2, -0.15) is 0 Å². The number of rotatable bonds is 8. The molecule has 0 saturated carbocycles. The summed E-state index contributed by atoms with van der Waals surface area (Å²) >= 11 is 0. The molecule has 0 amide bonds. The van der Waals surface area contributed by atoms with Gasteiger partial charge in [-0.3, -0.25) is 0 Å². The van der Waals surface area contributed by atoms with Gasteiger partial charge in [-0.25, -0.2) is 0 Å².